The van der Waals surface area contributed by atoms with Gasteiger partial charge in [-0.3, -0.25) is 4.99 Å². The minimum Gasteiger partial charge on any atom is -0.254 e. The van der Waals surface area contributed by atoms with Crippen molar-refractivity contribution in [2.45, 2.75) is 26.2 Å². The summed E-state index contributed by atoms with van der Waals surface area (Å²) >= 11 is 0. The topological polar surface area (TPSA) is 14.0 Å². The Balaban J connectivity index is 2.69. The smallest absolute Gasteiger partial charge is 0.137 e. The van der Waals surface area contributed by atoms with Gasteiger partial charge in [0, 0.05) is 6.42 Å². The molecule has 0 aliphatic heterocycles. The molecule has 0 saturated heterocycles. The van der Waals surface area contributed by atoms with Gasteiger partial charge in [-0.2, -0.15) is 0 Å². The minimum absolute atomic E-state index is 1.20. The number of hydrogen-bond acceptors (Lipinski definition) is 0. The van der Waals surface area contributed by atoms with E-state index in [2.05, 4.69) is 18.1 Å². The van der Waals surface area contributed by atoms with Crippen LogP contribution in [-0.4, -0.2) is 13.3 Å². The summed E-state index contributed by atoms with van der Waals surface area (Å²) in [4.78, 5) is 2.98. The molecule has 0 aromatic heterocycles. The summed E-state index contributed by atoms with van der Waals surface area (Å²) in [6.45, 7) is 2.20. The molecule has 1 N–H and O–H groups in total. The van der Waals surface area contributed by atoms with Crippen LogP contribution in [0.3, 0.4) is 0 Å². The Morgan fingerprint density at radius 3 is 2.71 bits per heavy atom. The van der Waals surface area contributed by atoms with E-state index in [9.17, 15) is 0 Å². The van der Waals surface area contributed by atoms with Crippen molar-refractivity contribution >= 4 is 6.21 Å². The highest BCUT2D eigenvalue weighted by Gasteiger charge is 1.77. The van der Waals surface area contributed by atoms with Crippen molar-refractivity contribution in [1.82, 2.24) is 0 Å². The molecule has 0 rings (SSSR count). The molecule has 0 spiro atoms. The first-order valence-corrected chi connectivity index (χ1v) is 2.90. The molecule has 0 unspecified atom stereocenters. The largest absolute Gasteiger partial charge is 0.254 e. The van der Waals surface area contributed by atoms with Crippen molar-refractivity contribution in [3.8, 4) is 0 Å². The number of rotatable bonds is 3. The average molecular weight is 103 g/mol. The Kier molecular flexibility index (Phi) is 5.40. The maximum absolute atomic E-state index is 2.98. The van der Waals surface area contributed by atoms with Crippen LogP contribution in [0.25, 0.3) is 0 Å². The van der Waals surface area contributed by atoms with Crippen molar-refractivity contribution in [2.24, 2.45) is 0 Å². The summed E-state index contributed by atoms with van der Waals surface area (Å²) in [7, 11) is 1.94. The van der Waals surface area contributed by atoms with E-state index in [0.717, 1.165) is 0 Å². The van der Waals surface area contributed by atoms with Gasteiger partial charge in [-0.25, -0.2) is 0 Å². The third kappa shape index (κ3) is 5.67. The van der Waals surface area contributed by atoms with Gasteiger partial charge in [0.15, 0.2) is 0 Å². The number of unbranched alkanes of at least 4 members (excludes halogenated alkanes) is 2. The monoisotopic (exact) mass is 103 g/mol. The lowest BCUT2D eigenvalue weighted by molar-refractivity contribution is -0.415. The molecule has 42 valence electrons. The van der Waals surface area contributed by atoms with Gasteiger partial charge in [0.1, 0.15) is 13.3 Å². The van der Waals surface area contributed by atoms with Crippen LogP contribution in [0.15, 0.2) is 0 Å². The fraction of sp³-hybridized carbons (Fsp3) is 0.833. The molecule has 0 aliphatic rings. The molecular weight excluding hydrogens is 89.1 g/mol. The Morgan fingerprint density at radius 1 is 1.57 bits per heavy atom. The van der Waals surface area contributed by atoms with Crippen molar-refractivity contribution in [3.05, 3.63) is 0 Å². The van der Waals surface area contributed by atoms with Gasteiger partial charge in [0.25, 0.3) is 0 Å². The standard InChI is InChI=1S/C6H13N/c1-3-4-5-6-7-2/h6H,3-5H2,1-2H3/p+1/i1+1,2+1,7+1. The molecule has 0 aromatic rings. The highest BCUT2D eigenvalue weighted by Crippen LogP contribution is 1.86. The Bertz CT molecular complexity index is 48.1. The summed E-state index contributed by atoms with van der Waals surface area (Å²) in [6.07, 6.45) is 5.88. The van der Waals surface area contributed by atoms with E-state index in [-0.39, 0.29) is 0 Å². The molecule has 0 heterocycles. The van der Waals surface area contributed by atoms with Crippen molar-refractivity contribution in [2.75, 3.05) is 7.05 Å². The van der Waals surface area contributed by atoms with Crippen LogP contribution in [0.2, 0.25) is 0 Å². The van der Waals surface area contributed by atoms with Gasteiger partial charge in [-0.1, -0.05) is 13.3 Å². The first-order chi connectivity index (χ1) is 3.41. The number of hydrogen-bond donors (Lipinski definition) is 1. The molecule has 0 radical (unpaired) electrons. The van der Waals surface area contributed by atoms with Gasteiger partial charge in [-0.05, 0) is 6.42 Å². The van der Waals surface area contributed by atoms with E-state index >= 15 is 0 Å². The quantitative estimate of drug-likeness (QED) is 0.223. The predicted octanol–water partition coefficient (Wildman–Crippen LogP) is -0.0422. The van der Waals surface area contributed by atoms with Gasteiger partial charge < -0.3 is 0 Å². The minimum atomic E-state index is 1.20. The van der Waals surface area contributed by atoms with Gasteiger partial charge in [-0.15, -0.1) is 0 Å². The van der Waals surface area contributed by atoms with Crippen LogP contribution in [-0.2, 0) is 0 Å². The van der Waals surface area contributed by atoms with E-state index in [1.807, 2.05) is 7.05 Å². The number of nitrogens with one attached hydrogen (secondary N) is 1. The van der Waals surface area contributed by atoms with E-state index in [0.29, 0.717) is 0 Å². The van der Waals surface area contributed by atoms with E-state index in [1.165, 1.54) is 19.3 Å². The van der Waals surface area contributed by atoms with Crippen LogP contribution in [0, 0.1) is 0 Å². The van der Waals surface area contributed by atoms with Crippen molar-refractivity contribution in [1.29, 1.82) is 0 Å². The lowest BCUT2D eigenvalue weighted by atomic mass is 10.3. The van der Waals surface area contributed by atoms with Crippen molar-refractivity contribution in [3.63, 3.8) is 0 Å². The third-order valence-electron chi connectivity index (χ3n) is 0.906. The summed E-state index contributed by atoms with van der Waals surface area (Å²) in [6, 6.07) is 0. The summed E-state index contributed by atoms with van der Waals surface area (Å²) in [5, 5.41) is 0. The van der Waals surface area contributed by atoms with E-state index < -0.39 is 0 Å². The second-order valence-corrected chi connectivity index (χ2v) is 1.64. The lowest BCUT2D eigenvalue weighted by Gasteiger charge is -1.79. The summed E-state index contributed by atoms with van der Waals surface area (Å²) < 4.78 is 0. The first kappa shape index (κ1) is 6.67. The normalized spacial score (nSPS) is 10.6. The summed E-state index contributed by atoms with van der Waals surface area (Å²) in [5.74, 6) is 0. The van der Waals surface area contributed by atoms with E-state index in [1.54, 1.807) is 0 Å². The predicted molar refractivity (Wildman–Crippen MR) is 32.5 cm³/mol. The van der Waals surface area contributed by atoms with Crippen LogP contribution in [0.4, 0.5) is 0 Å². The molecular formula is C6H14N+. The molecule has 0 aromatic carbocycles. The lowest BCUT2D eigenvalue weighted by Crippen LogP contribution is -2.62. The Hall–Kier alpha value is -0.330. The zero-order valence-corrected chi connectivity index (χ0v) is 5.20. The maximum Gasteiger partial charge on any atom is 0.137 e. The maximum atomic E-state index is 2.98. The highest BCUT2D eigenvalue weighted by molar-refractivity contribution is 5.49. The van der Waals surface area contributed by atoms with Crippen LogP contribution >= 0.6 is 0 Å². The van der Waals surface area contributed by atoms with Gasteiger partial charge in [0.05, 0.1) is 0 Å². The first-order valence-electron chi connectivity index (χ1n) is 2.90. The zero-order valence-electron chi connectivity index (χ0n) is 5.20. The molecule has 0 bridgehead atoms. The molecule has 0 aliphatic carbocycles. The van der Waals surface area contributed by atoms with Crippen LogP contribution < -0.4 is 4.99 Å². The van der Waals surface area contributed by atoms with E-state index in [4.69, 9.17) is 0 Å². The molecule has 7 heavy (non-hydrogen) atoms. The SMILES string of the molecule is [13CH3]CCCC=[15NH+][13CH3]. The fourth-order valence-electron chi connectivity index (χ4n) is 0.451. The average Bonchev–Trinajstić information content (AvgIpc) is 1.69. The Labute approximate surface area is 45.5 Å². The molecule has 0 atom stereocenters. The fourth-order valence-corrected chi connectivity index (χ4v) is 0.451. The molecule has 1 heteroatoms. The third-order valence-corrected chi connectivity index (χ3v) is 0.906. The summed E-state index contributed by atoms with van der Waals surface area (Å²) in [5.41, 5.74) is 0. The van der Waals surface area contributed by atoms with Crippen LogP contribution in [0.5, 0.6) is 0 Å². The van der Waals surface area contributed by atoms with Crippen LogP contribution in [0.1, 0.15) is 26.2 Å². The Morgan fingerprint density at radius 2 is 2.29 bits per heavy atom. The van der Waals surface area contributed by atoms with Gasteiger partial charge in [0.2, 0.25) is 0 Å². The van der Waals surface area contributed by atoms with Gasteiger partial charge >= 0.3 is 0 Å². The molecule has 1 nitrogen and oxygen atoms in total. The van der Waals surface area contributed by atoms with Crippen molar-refractivity contribution < 1.29 is 4.99 Å². The zero-order chi connectivity index (χ0) is 5.54. The second-order valence-electron chi connectivity index (χ2n) is 1.64. The molecule has 0 amide bonds. The molecule has 0 saturated carbocycles. The second kappa shape index (κ2) is 5.67. The molecule has 0 fully saturated rings. The highest BCUT2D eigenvalue weighted by atomic mass is 15.5.